The van der Waals surface area contributed by atoms with Gasteiger partial charge in [0.25, 0.3) is 0 Å². The molecule has 1 N–H and O–H groups in total. The zero-order valence-electron chi connectivity index (χ0n) is 7.39. The van der Waals surface area contributed by atoms with Gasteiger partial charge in [0, 0.05) is 12.4 Å². The van der Waals surface area contributed by atoms with Crippen LogP contribution in [-0.4, -0.2) is 4.98 Å². The molecule has 0 radical (unpaired) electrons. The Morgan fingerprint density at radius 3 is 2.58 bits per heavy atom. The van der Waals surface area contributed by atoms with E-state index in [1.54, 1.807) is 0 Å². The molecular weight excluding hydrogens is 148 g/mol. The molecule has 0 amide bonds. The lowest BCUT2D eigenvalue weighted by atomic mass is 9.91. The maximum Gasteiger partial charge on any atom is 0.0894 e. The molecule has 1 aromatic rings. The molecule has 0 aromatic carbocycles. The van der Waals surface area contributed by atoms with Crippen molar-refractivity contribution in [3.8, 4) is 6.07 Å². The van der Waals surface area contributed by atoms with E-state index in [-0.39, 0.29) is 10.8 Å². The summed E-state index contributed by atoms with van der Waals surface area (Å²) in [6, 6.07) is 4.42. The lowest BCUT2D eigenvalue weighted by Crippen LogP contribution is -2.10. The third-order valence-corrected chi connectivity index (χ3v) is 3.02. The summed E-state index contributed by atoms with van der Waals surface area (Å²) < 4.78 is 0. The quantitative estimate of drug-likeness (QED) is 0.672. The first-order valence-corrected chi connectivity index (χ1v) is 4.17. The van der Waals surface area contributed by atoms with E-state index < -0.39 is 0 Å². The summed E-state index contributed by atoms with van der Waals surface area (Å²) in [4.78, 5) is 3.00. The monoisotopic (exact) mass is 160 g/mol. The molecule has 2 nitrogen and oxygen atoms in total. The van der Waals surface area contributed by atoms with Gasteiger partial charge in [0.05, 0.1) is 11.5 Å². The number of aromatic nitrogens is 1. The Balaban J connectivity index is 2.43. The van der Waals surface area contributed by atoms with Gasteiger partial charge in [-0.1, -0.05) is 13.8 Å². The van der Waals surface area contributed by atoms with E-state index in [2.05, 4.69) is 24.9 Å². The normalized spacial score (nSPS) is 31.1. The van der Waals surface area contributed by atoms with Crippen molar-refractivity contribution in [3.05, 3.63) is 24.0 Å². The van der Waals surface area contributed by atoms with Crippen molar-refractivity contribution in [1.29, 1.82) is 5.26 Å². The molecule has 1 atom stereocenters. The van der Waals surface area contributed by atoms with Gasteiger partial charge >= 0.3 is 0 Å². The van der Waals surface area contributed by atoms with E-state index in [1.165, 1.54) is 0 Å². The Hall–Kier alpha value is -1.23. The molecule has 0 spiro atoms. The van der Waals surface area contributed by atoms with Crippen LogP contribution in [0.25, 0.3) is 0 Å². The minimum absolute atomic E-state index is 0.157. The van der Waals surface area contributed by atoms with Gasteiger partial charge in [-0.25, -0.2) is 0 Å². The van der Waals surface area contributed by atoms with Crippen molar-refractivity contribution in [2.24, 2.45) is 5.41 Å². The summed E-state index contributed by atoms with van der Waals surface area (Å²) in [5.74, 6) is 0. The largest absolute Gasteiger partial charge is 0.367 e. The van der Waals surface area contributed by atoms with Crippen LogP contribution in [0.1, 0.15) is 25.8 Å². The highest BCUT2D eigenvalue weighted by Gasteiger charge is 2.63. The molecule has 0 saturated heterocycles. The Morgan fingerprint density at radius 1 is 1.58 bits per heavy atom. The Kier molecular flexibility index (Phi) is 1.19. The number of nitrogens with zero attached hydrogens (tertiary/aromatic N) is 1. The minimum atomic E-state index is -0.215. The predicted molar refractivity (Wildman–Crippen MR) is 46.5 cm³/mol. The lowest BCUT2D eigenvalue weighted by Gasteiger charge is -2.08. The zero-order valence-corrected chi connectivity index (χ0v) is 7.39. The van der Waals surface area contributed by atoms with E-state index in [9.17, 15) is 0 Å². The van der Waals surface area contributed by atoms with Crippen LogP contribution in [0.4, 0.5) is 0 Å². The highest BCUT2D eigenvalue weighted by molar-refractivity contribution is 5.43. The van der Waals surface area contributed by atoms with Gasteiger partial charge in [-0.3, -0.25) is 0 Å². The van der Waals surface area contributed by atoms with Crippen LogP contribution in [0.15, 0.2) is 18.5 Å². The van der Waals surface area contributed by atoms with Crippen molar-refractivity contribution < 1.29 is 0 Å². The van der Waals surface area contributed by atoms with E-state index in [0.29, 0.717) is 0 Å². The number of nitrogens with one attached hydrogen (secondary N) is 1. The second-order valence-corrected chi connectivity index (χ2v) is 4.18. The summed E-state index contributed by atoms with van der Waals surface area (Å²) in [6.07, 6.45) is 4.79. The van der Waals surface area contributed by atoms with Crippen LogP contribution in [0, 0.1) is 16.7 Å². The van der Waals surface area contributed by atoms with Crippen molar-refractivity contribution in [1.82, 2.24) is 4.98 Å². The fourth-order valence-electron chi connectivity index (χ4n) is 1.96. The van der Waals surface area contributed by atoms with Crippen LogP contribution in [0.2, 0.25) is 0 Å². The number of nitriles is 1. The molecule has 12 heavy (non-hydrogen) atoms. The molecule has 2 rings (SSSR count). The molecule has 1 heterocycles. The summed E-state index contributed by atoms with van der Waals surface area (Å²) in [6.45, 7) is 4.28. The van der Waals surface area contributed by atoms with Crippen molar-refractivity contribution in [2.75, 3.05) is 0 Å². The fourth-order valence-corrected chi connectivity index (χ4v) is 1.96. The van der Waals surface area contributed by atoms with Crippen LogP contribution in [0.3, 0.4) is 0 Å². The Morgan fingerprint density at radius 2 is 2.25 bits per heavy atom. The topological polar surface area (TPSA) is 39.6 Å². The van der Waals surface area contributed by atoms with Gasteiger partial charge in [0.15, 0.2) is 0 Å². The molecule has 0 aliphatic heterocycles. The third kappa shape index (κ3) is 0.687. The third-order valence-electron chi connectivity index (χ3n) is 3.02. The summed E-state index contributed by atoms with van der Waals surface area (Å²) in [5, 5.41) is 9.10. The highest BCUT2D eigenvalue weighted by Crippen LogP contribution is 2.63. The van der Waals surface area contributed by atoms with Gasteiger partial charge in [-0.2, -0.15) is 5.26 Å². The van der Waals surface area contributed by atoms with Crippen LogP contribution < -0.4 is 0 Å². The van der Waals surface area contributed by atoms with Crippen LogP contribution in [-0.2, 0) is 5.41 Å². The minimum Gasteiger partial charge on any atom is -0.367 e. The van der Waals surface area contributed by atoms with Crippen molar-refractivity contribution >= 4 is 0 Å². The molecule has 62 valence electrons. The van der Waals surface area contributed by atoms with Gasteiger partial charge in [0.2, 0.25) is 0 Å². The molecular formula is C10H12N2. The first kappa shape index (κ1) is 7.42. The van der Waals surface area contributed by atoms with E-state index in [4.69, 9.17) is 5.26 Å². The first-order chi connectivity index (χ1) is 5.62. The maximum atomic E-state index is 9.10. The second-order valence-electron chi connectivity index (χ2n) is 4.18. The smallest absolute Gasteiger partial charge is 0.0894 e. The highest BCUT2D eigenvalue weighted by atomic mass is 14.7. The number of hydrogen-bond donors (Lipinski definition) is 1. The summed E-state index contributed by atoms with van der Waals surface area (Å²) >= 11 is 0. The van der Waals surface area contributed by atoms with E-state index in [0.717, 1.165) is 12.0 Å². The zero-order chi connectivity index (χ0) is 8.82. The second kappa shape index (κ2) is 1.92. The maximum absolute atomic E-state index is 9.10. The van der Waals surface area contributed by atoms with Gasteiger partial charge in [-0.15, -0.1) is 0 Å². The SMILES string of the molecule is CC1(C)CC1(C#N)c1cc[nH]c1. The van der Waals surface area contributed by atoms with Crippen LogP contribution >= 0.6 is 0 Å². The predicted octanol–water partition coefficient (Wildman–Crippen LogP) is 2.21. The number of hydrogen-bond acceptors (Lipinski definition) is 1. The molecule has 1 aliphatic rings. The Labute approximate surface area is 72.2 Å². The van der Waals surface area contributed by atoms with Gasteiger partial charge in [0.1, 0.15) is 0 Å². The average molecular weight is 160 g/mol. The van der Waals surface area contributed by atoms with Crippen molar-refractivity contribution in [3.63, 3.8) is 0 Å². The van der Waals surface area contributed by atoms with Gasteiger partial charge in [-0.05, 0) is 23.5 Å². The molecule has 2 heteroatoms. The lowest BCUT2D eigenvalue weighted by molar-refractivity contribution is 0.570. The molecule has 1 aromatic heterocycles. The molecule has 1 fully saturated rings. The first-order valence-electron chi connectivity index (χ1n) is 4.17. The fraction of sp³-hybridized carbons (Fsp3) is 0.500. The standard InChI is InChI=1S/C10H12N2/c1-9(2)6-10(9,7-11)8-3-4-12-5-8/h3-5,12H,6H2,1-2H3. The molecule has 1 saturated carbocycles. The van der Waals surface area contributed by atoms with Crippen molar-refractivity contribution in [2.45, 2.75) is 25.7 Å². The van der Waals surface area contributed by atoms with E-state index >= 15 is 0 Å². The number of aromatic amines is 1. The number of rotatable bonds is 1. The number of H-pyrrole nitrogens is 1. The summed E-state index contributed by atoms with van der Waals surface area (Å²) in [7, 11) is 0. The molecule has 1 unspecified atom stereocenters. The van der Waals surface area contributed by atoms with E-state index in [1.807, 2.05) is 18.5 Å². The molecule has 1 aliphatic carbocycles. The van der Waals surface area contributed by atoms with Crippen LogP contribution in [0.5, 0.6) is 0 Å². The Bertz CT molecular complexity index is 329. The van der Waals surface area contributed by atoms with Gasteiger partial charge < -0.3 is 4.98 Å². The average Bonchev–Trinajstić information content (AvgIpc) is 2.52. The molecule has 0 bridgehead atoms. The summed E-state index contributed by atoms with van der Waals surface area (Å²) in [5.41, 5.74) is 1.08.